The summed E-state index contributed by atoms with van der Waals surface area (Å²) >= 11 is 0. The van der Waals surface area contributed by atoms with Gasteiger partial charge in [0.1, 0.15) is 24.5 Å². The van der Waals surface area contributed by atoms with Crippen LogP contribution in [-0.4, -0.2) is 76.9 Å². The number of carbonyl (C=O) groups is 3. The second-order valence-electron chi connectivity index (χ2n) is 11.0. The molecular formula is C34H34FN5O4. The van der Waals surface area contributed by atoms with Gasteiger partial charge in [0.25, 0.3) is 0 Å². The number of carbonyl (C=O) groups excluding carboxylic acids is 3. The molecule has 226 valence electrons. The fraction of sp³-hybridized carbons (Fsp3) is 0.265. The van der Waals surface area contributed by atoms with E-state index in [0.29, 0.717) is 5.75 Å². The largest absolute Gasteiger partial charge is 0.497 e. The van der Waals surface area contributed by atoms with E-state index in [2.05, 4.69) is 5.32 Å². The zero-order valence-corrected chi connectivity index (χ0v) is 24.4. The van der Waals surface area contributed by atoms with E-state index in [4.69, 9.17) is 4.74 Å². The number of halogens is 1. The molecule has 2 atom stereocenters. The molecule has 0 unspecified atom stereocenters. The first kappa shape index (κ1) is 29.1. The molecule has 0 spiro atoms. The van der Waals surface area contributed by atoms with Crippen LogP contribution in [0.3, 0.4) is 0 Å². The first-order chi connectivity index (χ1) is 21.5. The summed E-state index contributed by atoms with van der Waals surface area (Å²) in [7, 11) is 1.58. The number of hydrogen-bond donors (Lipinski definition) is 1. The third-order valence-corrected chi connectivity index (χ3v) is 8.29. The predicted molar refractivity (Wildman–Crippen MR) is 164 cm³/mol. The van der Waals surface area contributed by atoms with Crippen molar-refractivity contribution in [2.45, 2.75) is 31.7 Å². The van der Waals surface area contributed by atoms with Crippen molar-refractivity contribution >= 4 is 28.6 Å². The summed E-state index contributed by atoms with van der Waals surface area (Å²) in [6, 6.07) is 29.2. The molecule has 0 aromatic heterocycles. The highest BCUT2D eigenvalue weighted by Crippen LogP contribution is 2.30. The van der Waals surface area contributed by atoms with Crippen LogP contribution in [-0.2, 0) is 29.1 Å². The lowest BCUT2D eigenvalue weighted by molar-refractivity contribution is -0.195. The van der Waals surface area contributed by atoms with E-state index >= 15 is 0 Å². The Hall–Kier alpha value is -4.96. The Labute approximate surface area is 255 Å². The van der Waals surface area contributed by atoms with Crippen LogP contribution in [0.25, 0.3) is 10.8 Å². The Morgan fingerprint density at radius 2 is 1.64 bits per heavy atom. The van der Waals surface area contributed by atoms with E-state index in [1.807, 2.05) is 84.9 Å². The van der Waals surface area contributed by atoms with E-state index in [0.717, 1.165) is 32.5 Å². The van der Waals surface area contributed by atoms with Crippen molar-refractivity contribution in [2.75, 3.05) is 27.0 Å². The van der Waals surface area contributed by atoms with Crippen molar-refractivity contribution < 1.29 is 23.5 Å². The Morgan fingerprint density at radius 3 is 2.39 bits per heavy atom. The maximum atomic E-state index is 14.4. The van der Waals surface area contributed by atoms with Gasteiger partial charge in [0.05, 0.1) is 13.7 Å². The molecule has 10 heteroatoms. The predicted octanol–water partition coefficient (Wildman–Crippen LogP) is 4.33. The summed E-state index contributed by atoms with van der Waals surface area (Å²) in [6.07, 6.45) is -0.630. The van der Waals surface area contributed by atoms with Crippen LogP contribution in [0.5, 0.6) is 5.75 Å². The molecule has 2 heterocycles. The van der Waals surface area contributed by atoms with Gasteiger partial charge in [-0.15, -0.1) is 0 Å². The van der Waals surface area contributed by atoms with Crippen molar-refractivity contribution in [2.24, 2.45) is 0 Å². The molecule has 2 aliphatic rings. The van der Waals surface area contributed by atoms with Crippen LogP contribution in [0.4, 0.5) is 9.18 Å². The highest BCUT2D eigenvalue weighted by Gasteiger charge is 2.51. The Morgan fingerprint density at radius 1 is 0.909 bits per heavy atom. The molecule has 6 rings (SSSR count). The summed E-state index contributed by atoms with van der Waals surface area (Å²) in [6.45, 7) is -0.893. The zero-order chi connectivity index (χ0) is 30.6. The number of hydrogen-bond acceptors (Lipinski definition) is 5. The number of methoxy groups -OCH3 is 1. The van der Waals surface area contributed by atoms with Crippen LogP contribution < -0.4 is 10.1 Å². The van der Waals surface area contributed by atoms with E-state index in [1.54, 1.807) is 24.1 Å². The lowest BCUT2D eigenvalue weighted by Gasteiger charge is -2.54. The smallest absolute Gasteiger partial charge is 0.334 e. The molecule has 0 aliphatic carbocycles. The van der Waals surface area contributed by atoms with E-state index in [1.165, 1.54) is 9.91 Å². The van der Waals surface area contributed by atoms with Gasteiger partial charge >= 0.3 is 6.03 Å². The topological polar surface area (TPSA) is 85.4 Å². The molecule has 4 aromatic rings. The van der Waals surface area contributed by atoms with Gasteiger partial charge in [0.2, 0.25) is 11.8 Å². The van der Waals surface area contributed by atoms with Gasteiger partial charge in [-0.3, -0.25) is 9.59 Å². The minimum atomic E-state index is -1.04. The maximum absolute atomic E-state index is 14.4. The standard InChI is InChI=1S/C34H34FN5O4/c1-44-28-16-14-25(15-17-28)19-36-34(43)40-31-21-37(20-27-12-7-11-26-10-5-6-13-29(26)27)33(42)30(18-24-8-3-2-4-9-24)39(31)32(41)22-38(40)23-35/h2-17,30-31H,18-23H2,1H3,(H,36,43)/t30-,31-/m0/s1. The monoisotopic (exact) mass is 595 g/mol. The minimum absolute atomic E-state index is 0.0333. The summed E-state index contributed by atoms with van der Waals surface area (Å²) in [5.41, 5.74) is 2.66. The summed E-state index contributed by atoms with van der Waals surface area (Å²) < 4.78 is 19.7. The third kappa shape index (κ3) is 5.80. The number of benzene rings is 4. The number of alkyl halides is 1. The first-order valence-corrected chi connectivity index (χ1v) is 14.6. The molecule has 4 aromatic carbocycles. The molecule has 0 saturated carbocycles. The molecule has 9 nitrogen and oxygen atoms in total. The van der Waals surface area contributed by atoms with E-state index < -0.39 is 30.9 Å². The number of piperazine rings is 1. The number of urea groups is 1. The van der Waals surface area contributed by atoms with Crippen molar-refractivity contribution in [3.05, 3.63) is 114 Å². The highest BCUT2D eigenvalue weighted by atomic mass is 19.1. The second kappa shape index (κ2) is 12.7. The normalized spacial score (nSPS) is 18.8. The summed E-state index contributed by atoms with van der Waals surface area (Å²) in [5, 5.41) is 7.32. The minimum Gasteiger partial charge on any atom is -0.497 e. The summed E-state index contributed by atoms with van der Waals surface area (Å²) in [5.74, 6) is 0.0844. The molecule has 0 radical (unpaired) electrons. The molecule has 2 fully saturated rings. The lowest BCUT2D eigenvalue weighted by atomic mass is 9.97. The maximum Gasteiger partial charge on any atom is 0.334 e. The number of nitrogens with one attached hydrogen (secondary N) is 1. The fourth-order valence-electron chi connectivity index (χ4n) is 6.12. The number of fused-ring (bicyclic) bond motifs is 2. The molecular weight excluding hydrogens is 561 g/mol. The molecule has 2 aliphatic heterocycles. The quantitative estimate of drug-likeness (QED) is 0.307. The molecule has 2 saturated heterocycles. The molecule has 4 amide bonds. The number of hydrazine groups is 1. The Bertz CT molecular complexity index is 1650. The van der Waals surface area contributed by atoms with Crippen LogP contribution in [0, 0.1) is 0 Å². The third-order valence-electron chi connectivity index (χ3n) is 8.29. The van der Waals surface area contributed by atoms with Crippen LogP contribution in [0.15, 0.2) is 97.1 Å². The highest BCUT2D eigenvalue weighted by molar-refractivity contribution is 5.92. The van der Waals surface area contributed by atoms with Crippen LogP contribution >= 0.6 is 0 Å². The average molecular weight is 596 g/mol. The zero-order valence-electron chi connectivity index (χ0n) is 24.4. The fourth-order valence-corrected chi connectivity index (χ4v) is 6.12. The number of ether oxygens (including phenoxy) is 1. The van der Waals surface area contributed by atoms with Crippen LogP contribution in [0.2, 0.25) is 0 Å². The SMILES string of the molecule is COc1ccc(CNC(=O)N2[C@H]3CN(Cc4cccc5ccccc45)C(=O)[C@H](Cc4ccccc4)N3C(=O)CN2CF)cc1. The molecule has 1 N–H and O–H groups in total. The number of rotatable bonds is 8. The van der Waals surface area contributed by atoms with Gasteiger partial charge < -0.3 is 19.9 Å². The van der Waals surface area contributed by atoms with Gasteiger partial charge in [-0.1, -0.05) is 84.9 Å². The van der Waals surface area contributed by atoms with Crippen molar-refractivity contribution in [1.82, 2.24) is 25.1 Å². The van der Waals surface area contributed by atoms with E-state index in [9.17, 15) is 18.8 Å². The van der Waals surface area contributed by atoms with Crippen molar-refractivity contribution in [3.8, 4) is 5.75 Å². The van der Waals surface area contributed by atoms with Gasteiger partial charge in [0, 0.05) is 19.5 Å². The van der Waals surface area contributed by atoms with Crippen molar-refractivity contribution in [1.29, 1.82) is 0 Å². The first-order valence-electron chi connectivity index (χ1n) is 14.6. The Balaban J connectivity index is 1.33. The number of amides is 4. The van der Waals surface area contributed by atoms with Gasteiger partial charge in [-0.05, 0) is 39.6 Å². The number of nitrogens with zero attached hydrogens (tertiary/aromatic N) is 4. The van der Waals surface area contributed by atoms with Gasteiger partial charge in [0.15, 0.2) is 6.80 Å². The lowest BCUT2D eigenvalue weighted by Crippen LogP contribution is -2.76. The Kier molecular flexibility index (Phi) is 8.42. The van der Waals surface area contributed by atoms with Crippen molar-refractivity contribution in [3.63, 3.8) is 0 Å². The van der Waals surface area contributed by atoms with Gasteiger partial charge in [-0.25, -0.2) is 14.2 Å². The molecule has 44 heavy (non-hydrogen) atoms. The van der Waals surface area contributed by atoms with E-state index in [-0.39, 0.29) is 38.5 Å². The summed E-state index contributed by atoms with van der Waals surface area (Å²) in [4.78, 5) is 44.7. The molecule has 0 bridgehead atoms. The average Bonchev–Trinajstić information content (AvgIpc) is 3.06. The van der Waals surface area contributed by atoms with Gasteiger partial charge in [-0.2, -0.15) is 5.01 Å². The van der Waals surface area contributed by atoms with Crippen LogP contribution in [0.1, 0.15) is 16.7 Å². The second-order valence-corrected chi connectivity index (χ2v) is 11.0.